The van der Waals surface area contributed by atoms with E-state index in [9.17, 15) is 4.79 Å². The maximum Gasteiger partial charge on any atom is 0.232 e. The largest absolute Gasteiger partial charge is 0.394 e. The van der Waals surface area contributed by atoms with Crippen LogP contribution >= 0.6 is 11.8 Å². The number of ether oxygens (including phenoxy) is 1. The predicted molar refractivity (Wildman–Crippen MR) is 57.8 cm³/mol. The fraction of sp³-hybridized carbons (Fsp3) is 0.889. The number of carbonyl (C=O) groups is 1. The molecule has 0 aromatic carbocycles. The SMILES string of the molecule is O=C(CSCC(O)CO)N1CCOCC1. The zero-order valence-corrected chi connectivity index (χ0v) is 9.41. The van der Waals surface area contributed by atoms with Crippen molar-refractivity contribution in [3.63, 3.8) is 0 Å². The van der Waals surface area contributed by atoms with E-state index in [4.69, 9.17) is 14.9 Å². The summed E-state index contributed by atoms with van der Waals surface area (Å²) in [6, 6.07) is 0. The Morgan fingerprint density at radius 1 is 1.47 bits per heavy atom. The van der Waals surface area contributed by atoms with E-state index in [1.165, 1.54) is 11.8 Å². The third kappa shape index (κ3) is 4.83. The summed E-state index contributed by atoms with van der Waals surface area (Å²) in [5.74, 6) is 0.831. The molecule has 1 aliphatic heterocycles. The molecule has 0 radical (unpaired) electrons. The monoisotopic (exact) mass is 235 g/mol. The topological polar surface area (TPSA) is 70.0 Å². The number of nitrogens with zero attached hydrogens (tertiary/aromatic N) is 1. The number of aliphatic hydroxyl groups excluding tert-OH is 2. The molecular weight excluding hydrogens is 218 g/mol. The van der Waals surface area contributed by atoms with Crippen LogP contribution in [0, 0.1) is 0 Å². The molecule has 5 nitrogen and oxygen atoms in total. The standard InChI is InChI=1S/C9H17NO4S/c11-5-8(12)6-15-7-9(13)10-1-3-14-4-2-10/h8,11-12H,1-7H2. The predicted octanol–water partition coefficient (Wildman–Crippen LogP) is -1.07. The minimum Gasteiger partial charge on any atom is -0.394 e. The van der Waals surface area contributed by atoms with Crippen molar-refractivity contribution < 1.29 is 19.7 Å². The summed E-state index contributed by atoms with van der Waals surface area (Å²) in [5.41, 5.74) is 0. The van der Waals surface area contributed by atoms with Gasteiger partial charge in [-0.05, 0) is 0 Å². The molecular formula is C9H17NO4S. The van der Waals surface area contributed by atoms with Crippen molar-refractivity contribution in [3.05, 3.63) is 0 Å². The van der Waals surface area contributed by atoms with Gasteiger partial charge in [0.25, 0.3) is 0 Å². The van der Waals surface area contributed by atoms with Gasteiger partial charge in [-0.1, -0.05) is 0 Å². The van der Waals surface area contributed by atoms with E-state index in [2.05, 4.69) is 0 Å². The quantitative estimate of drug-likeness (QED) is 0.635. The lowest BCUT2D eigenvalue weighted by molar-refractivity contribution is -0.132. The first-order valence-corrected chi connectivity index (χ1v) is 6.11. The minimum absolute atomic E-state index is 0.0773. The number of amides is 1. The number of rotatable bonds is 5. The summed E-state index contributed by atoms with van der Waals surface area (Å²) in [6.07, 6.45) is -0.729. The minimum atomic E-state index is -0.729. The maximum atomic E-state index is 11.6. The Hall–Kier alpha value is -0.300. The number of morpholine rings is 1. The molecule has 0 spiro atoms. The van der Waals surface area contributed by atoms with Crippen LogP contribution in [0.25, 0.3) is 0 Å². The molecule has 6 heteroatoms. The van der Waals surface area contributed by atoms with Crippen molar-refractivity contribution in [1.82, 2.24) is 4.90 Å². The van der Waals surface area contributed by atoms with Crippen LogP contribution in [0.3, 0.4) is 0 Å². The number of thioether (sulfide) groups is 1. The van der Waals surface area contributed by atoms with Crippen molar-refractivity contribution in [3.8, 4) is 0 Å². The van der Waals surface area contributed by atoms with E-state index in [-0.39, 0.29) is 12.5 Å². The van der Waals surface area contributed by atoms with E-state index < -0.39 is 6.10 Å². The molecule has 1 fully saturated rings. The Morgan fingerprint density at radius 2 is 2.13 bits per heavy atom. The summed E-state index contributed by atoms with van der Waals surface area (Å²) in [7, 11) is 0. The second kappa shape index (κ2) is 7.05. The van der Waals surface area contributed by atoms with Gasteiger partial charge in [-0.2, -0.15) is 0 Å². The fourth-order valence-electron chi connectivity index (χ4n) is 1.24. The number of hydrogen-bond donors (Lipinski definition) is 2. The molecule has 2 N–H and O–H groups in total. The lowest BCUT2D eigenvalue weighted by Gasteiger charge is -2.26. The second-order valence-electron chi connectivity index (χ2n) is 3.34. The number of carbonyl (C=O) groups excluding carboxylic acids is 1. The van der Waals surface area contributed by atoms with Crippen LogP contribution < -0.4 is 0 Å². The highest BCUT2D eigenvalue weighted by molar-refractivity contribution is 7.99. The smallest absolute Gasteiger partial charge is 0.232 e. The molecule has 1 aliphatic rings. The van der Waals surface area contributed by atoms with Gasteiger partial charge in [0.1, 0.15) is 0 Å². The van der Waals surface area contributed by atoms with Crippen LogP contribution in [-0.2, 0) is 9.53 Å². The van der Waals surface area contributed by atoms with E-state index in [0.29, 0.717) is 37.8 Å². The Kier molecular flexibility index (Phi) is 6.00. The van der Waals surface area contributed by atoms with Crippen LogP contribution in [0.2, 0.25) is 0 Å². The highest BCUT2D eigenvalue weighted by Crippen LogP contribution is 2.06. The van der Waals surface area contributed by atoms with Gasteiger partial charge in [0, 0.05) is 18.8 Å². The number of hydrogen-bond acceptors (Lipinski definition) is 5. The van der Waals surface area contributed by atoms with Gasteiger partial charge in [0.05, 0.1) is 31.7 Å². The second-order valence-corrected chi connectivity index (χ2v) is 4.37. The summed E-state index contributed by atoms with van der Waals surface area (Å²) in [6.45, 7) is 2.27. The molecule has 1 atom stereocenters. The highest BCUT2D eigenvalue weighted by atomic mass is 32.2. The molecule has 1 amide bonds. The Bertz CT molecular complexity index is 197. The average Bonchev–Trinajstić information content (AvgIpc) is 2.29. The van der Waals surface area contributed by atoms with Crippen LogP contribution in [0.1, 0.15) is 0 Å². The molecule has 0 aliphatic carbocycles. The van der Waals surface area contributed by atoms with E-state index >= 15 is 0 Å². The third-order valence-electron chi connectivity index (χ3n) is 2.11. The molecule has 15 heavy (non-hydrogen) atoms. The van der Waals surface area contributed by atoms with Crippen molar-refractivity contribution >= 4 is 17.7 Å². The molecule has 0 aromatic heterocycles. The van der Waals surface area contributed by atoms with Gasteiger partial charge in [-0.25, -0.2) is 0 Å². The van der Waals surface area contributed by atoms with Crippen LogP contribution in [0.15, 0.2) is 0 Å². The zero-order valence-electron chi connectivity index (χ0n) is 8.59. The van der Waals surface area contributed by atoms with Crippen LogP contribution in [-0.4, -0.2) is 71.5 Å². The summed E-state index contributed by atoms with van der Waals surface area (Å²) >= 11 is 1.35. The molecule has 0 saturated carbocycles. The normalized spacial score (nSPS) is 18.9. The molecule has 1 unspecified atom stereocenters. The van der Waals surface area contributed by atoms with Gasteiger partial charge >= 0.3 is 0 Å². The average molecular weight is 235 g/mol. The van der Waals surface area contributed by atoms with E-state index in [0.717, 1.165) is 0 Å². The Labute approximate surface area is 93.4 Å². The fourth-order valence-corrected chi connectivity index (χ4v) is 2.09. The molecule has 88 valence electrons. The molecule has 0 aromatic rings. The molecule has 0 bridgehead atoms. The highest BCUT2D eigenvalue weighted by Gasteiger charge is 2.16. The Morgan fingerprint density at radius 3 is 2.73 bits per heavy atom. The van der Waals surface area contributed by atoms with Gasteiger partial charge in [-0.15, -0.1) is 11.8 Å². The Balaban J connectivity index is 2.12. The molecule has 1 heterocycles. The summed E-state index contributed by atoms with van der Waals surface area (Å²) in [4.78, 5) is 13.3. The third-order valence-corrected chi connectivity index (χ3v) is 3.18. The van der Waals surface area contributed by atoms with Crippen molar-refractivity contribution in [1.29, 1.82) is 0 Å². The van der Waals surface area contributed by atoms with Gasteiger partial charge in [0.15, 0.2) is 0 Å². The molecule has 1 rings (SSSR count). The maximum absolute atomic E-state index is 11.6. The van der Waals surface area contributed by atoms with Crippen molar-refractivity contribution in [2.45, 2.75) is 6.10 Å². The molecule has 1 saturated heterocycles. The summed E-state index contributed by atoms with van der Waals surface area (Å²) < 4.78 is 5.14. The number of aliphatic hydroxyl groups is 2. The van der Waals surface area contributed by atoms with Gasteiger partial charge in [0.2, 0.25) is 5.91 Å². The van der Waals surface area contributed by atoms with Crippen LogP contribution in [0.4, 0.5) is 0 Å². The van der Waals surface area contributed by atoms with Crippen molar-refractivity contribution in [2.75, 3.05) is 44.4 Å². The van der Waals surface area contributed by atoms with Gasteiger partial charge < -0.3 is 19.8 Å². The van der Waals surface area contributed by atoms with Crippen molar-refractivity contribution in [2.24, 2.45) is 0 Å². The van der Waals surface area contributed by atoms with E-state index in [1.807, 2.05) is 0 Å². The first-order valence-electron chi connectivity index (χ1n) is 4.96. The first kappa shape index (κ1) is 12.8. The lowest BCUT2D eigenvalue weighted by Crippen LogP contribution is -2.41. The summed E-state index contributed by atoms with van der Waals surface area (Å²) in [5, 5.41) is 17.6. The van der Waals surface area contributed by atoms with E-state index in [1.54, 1.807) is 4.90 Å². The lowest BCUT2D eigenvalue weighted by atomic mass is 10.4. The zero-order chi connectivity index (χ0) is 11.1. The first-order chi connectivity index (χ1) is 7.24. The van der Waals surface area contributed by atoms with Crippen LogP contribution in [0.5, 0.6) is 0 Å². The van der Waals surface area contributed by atoms with Gasteiger partial charge in [-0.3, -0.25) is 4.79 Å².